The van der Waals surface area contributed by atoms with E-state index < -0.39 is 17.9 Å². The molecule has 2 aliphatic rings. The Kier molecular flexibility index (Phi) is 7.26. The van der Waals surface area contributed by atoms with Crippen molar-refractivity contribution < 1.29 is 19.1 Å². The van der Waals surface area contributed by atoms with Crippen LogP contribution in [0.15, 0.2) is 48.9 Å². The van der Waals surface area contributed by atoms with Crippen LogP contribution in [0.2, 0.25) is 4.34 Å². The zero-order chi connectivity index (χ0) is 23.5. The third kappa shape index (κ3) is 5.18. The number of hydrogen-bond donors (Lipinski definition) is 0. The molecule has 1 atom stereocenters. The van der Waals surface area contributed by atoms with Gasteiger partial charge in [0.2, 0.25) is 11.8 Å². The Labute approximate surface area is 206 Å². The molecule has 3 heterocycles. The SMILES string of the molecule is C=C1O[C@@H](CN(C(=O)CCl)C(=O)c2ccc(Cl)s2)CN1c1ccc(N2CCCCC2=O)cc1. The quantitative estimate of drug-likeness (QED) is 0.538. The van der Waals surface area contributed by atoms with Crippen LogP contribution in [0.1, 0.15) is 28.9 Å². The second-order valence-corrected chi connectivity index (χ2v) is 9.79. The van der Waals surface area contributed by atoms with Crippen molar-refractivity contribution in [3.63, 3.8) is 0 Å². The van der Waals surface area contributed by atoms with Gasteiger partial charge >= 0.3 is 0 Å². The number of nitrogens with zero attached hydrogens (tertiary/aromatic N) is 3. The minimum atomic E-state index is -0.505. The molecule has 0 bridgehead atoms. The van der Waals surface area contributed by atoms with E-state index in [4.69, 9.17) is 27.9 Å². The molecule has 33 heavy (non-hydrogen) atoms. The molecule has 10 heteroatoms. The van der Waals surface area contributed by atoms with Gasteiger partial charge in [-0.25, -0.2) is 0 Å². The summed E-state index contributed by atoms with van der Waals surface area (Å²) in [7, 11) is 0. The standard InChI is InChI=1S/C23H23Cl2N3O4S/c1-15-27(17-7-5-16(6-8-17)26-11-3-2-4-21(26)29)13-18(32-15)14-28(22(30)12-24)23(31)19-9-10-20(25)33-19/h5-10,18H,1-4,11-14H2/t18-/m1/s1. The number of anilines is 2. The van der Waals surface area contributed by atoms with Crippen molar-refractivity contribution in [2.75, 3.05) is 35.3 Å². The van der Waals surface area contributed by atoms with Crippen molar-refractivity contribution in [1.29, 1.82) is 0 Å². The topological polar surface area (TPSA) is 70.2 Å². The number of ether oxygens (including phenoxy) is 1. The van der Waals surface area contributed by atoms with Crippen LogP contribution in [-0.4, -0.2) is 54.2 Å². The first-order valence-corrected chi connectivity index (χ1v) is 12.3. The molecule has 2 aliphatic heterocycles. The van der Waals surface area contributed by atoms with E-state index in [1.165, 1.54) is 0 Å². The zero-order valence-electron chi connectivity index (χ0n) is 17.8. The fourth-order valence-corrected chi connectivity index (χ4v) is 5.11. The van der Waals surface area contributed by atoms with Crippen molar-refractivity contribution in [2.45, 2.75) is 25.4 Å². The van der Waals surface area contributed by atoms with Gasteiger partial charge in [-0.3, -0.25) is 19.3 Å². The van der Waals surface area contributed by atoms with Crippen LogP contribution in [0.5, 0.6) is 0 Å². The van der Waals surface area contributed by atoms with Crippen molar-refractivity contribution in [2.24, 2.45) is 0 Å². The third-order valence-electron chi connectivity index (χ3n) is 5.62. The molecule has 7 nitrogen and oxygen atoms in total. The smallest absolute Gasteiger partial charge is 0.270 e. The van der Waals surface area contributed by atoms with Gasteiger partial charge in [-0.1, -0.05) is 11.6 Å². The van der Waals surface area contributed by atoms with Crippen LogP contribution in [0.4, 0.5) is 11.4 Å². The number of piperidine rings is 1. The van der Waals surface area contributed by atoms with Crippen LogP contribution in [0.25, 0.3) is 0 Å². The van der Waals surface area contributed by atoms with Crippen LogP contribution in [0, 0.1) is 0 Å². The highest BCUT2D eigenvalue weighted by atomic mass is 35.5. The summed E-state index contributed by atoms with van der Waals surface area (Å²) in [5.41, 5.74) is 1.71. The maximum absolute atomic E-state index is 12.9. The minimum absolute atomic E-state index is 0.0375. The van der Waals surface area contributed by atoms with Crippen molar-refractivity contribution >= 4 is 63.6 Å². The number of thiophene rings is 1. The van der Waals surface area contributed by atoms with Gasteiger partial charge in [0.05, 0.1) is 22.3 Å². The van der Waals surface area contributed by atoms with Gasteiger partial charge < -0.3 is 14.5 Å². The Morgan fingerprint density at radius 1 is 1.12 bits per heavy atom. The summed E-state index contributed by atoms with van der Waals surface area (Å²) in [5.74, 6) is -0.718. The molecule has 0 unspecified atom stereocenters. The van der Waals surface area contributed by atoms with Gasteiger partial charge in [0.15, 0.2) is 5.88 Å². The molecule has 0 N–H and O–H groups in total. The number of imide groups is 1. The van der Waals surface area contributed by atoms with E-state index in [0.717, 1.165) is 47.0 Å². The fraction of sp³-hybridized carbons (Fsp3) is 0.348. The fourth-order valence-electron chi connectivity index (χ4n) is 3.97. The minimum Gasteiger partial charge on any atom is -0.472 e. The predicted molar refractivity (Wildman–Crippen MR) is 130 cm³/mol. The molecule has 0 aliphatic carbocycles. The average molecular weight is 508 g/mol. The van der Waals surface area contributed by atoms with E-state index >= 15 is 0 Å². The first-order chi connectivity index (χ1) is 15.9. The third-order valence-corrected chi connectivity index (χ3v) is 7.06. The monoisotopic (exact) mass is 507 g/mol. The second kappa shape index (κ2) is 10.2. The van der Waals surface area contributed by atoms with Gasteiger partial charge in [-0.05, 0) is 55.8 Å². The van der Waals surface area contributed by atoms with E-state index in [1.54, 1.807) is 12.1 Å². The number of alkyl halides is 1. The maximum atomic E-state index is 12.9. The summed E-state index contributed by atoms with van der Waals surface area (Å²) in [6.07, 6.45) is 2.05. The molecule has 0 spiro atoms. The van der Waals surface area contributed by atoms with Crippen molar-refractivity contribution in [3.05, 3.63) is 58.1 Å². The van der Waals surface area contributed by atoms with E-state index in [-0.39, 0.29) is 18.3 Å². The second-order valence-electron chi connectivity index (χ2n) is 7.81. The lowest BCUT2D eigenvalue weighted by Crippen LogP contribution is -2.43. The number of rotatable bonds is 6. The molecule has 4 rings (SSSR count). The molecule has 0 radical (unpaired) electrons. The van der Waals surface area contributed by atoms with Crippen LogP contribution < -0.4 is 9.80 Å². The van der Waals surface area contributed by atoms with Crippen LogP contribution in [0.3, 0.4) is 0 Å². The number of hydrogen-bond acceptors (Lipinski definition) is 6. The van der Waals surface area contributed by atoms with Gasteiger partial charge in [0.25, 0.3) is 5.91 Å². The molecule has 3 amide bonds. The molecular formula is C23H23Cl2N3O4S. The molecule has 2 aromatic rings. The largest absolute Gasteiger partial charge is 0.472 e. The Morgan fingerprint density at radius 2 is 1.82 bits per heavy atom. The lowest BCUT2D eigenvalue weighted by Gasteiger charge is -2.27. The molecule has 2 fully saturated rings. The first-order valence-electron chi connectivity index (χ1n) is 10.6. The average Bonchev–Trinajstić information content (AvgIpc) is 3.42. The van der Waals surface area contributed by atoms with Crippen LogP contribution in [-0.2, 0) is 14.3 Å². The number of carbonyl (C=O) groups is 3. The maximum Gasteiger partial charge on any atom is 0.270 e. The summed E-state index contributed by atoms with van der Waals surface area (Å²) in [6.45, 7) is 5.15. The van der Waals surface area contributed by atoms with Crippen molar-refractivity contribution in [3.8, 4) is 0 Å². The number of carbonyl (C=O) groups excluding carboxylic acids is 3. The Hall–Kier alpha value is -2.55. The molecule has 174 valence electrons. The molecule has 1 aromatic carbocycles. The van der Waals surface area contributed by atoms with Gasteiger partial charge in [0, 0.05) is 24.3 Å². The summed E-state index contributed by atoms with van der Waals surface area (Å²) in [4.78, 5) is 42.6. The highest BCUT2D eigenvalue weighted by Crippen LogP contribution is 2.30. The molecule has 1 aromatic heterocycles. The molecular weight excluding hydrogens is 485 g/mol. The number of amides is 3. The lowest BCUT2D eigenvalue weighted by molar-refractivity contribution is -0.127. The van der Waals surface area contributed by atoms with Crippen molar-refractivity contribution in [1.82, 2.24) is 4.90 Å². The number of halogens is 2. The summed E-state index contributed by atoms with van der Waals surface area (Å²) in [5, 5.41) is 0. The highest BCUT2D eigenvalue weighted by Gasteiger charge is 2.34. The van der Waals surface area contributed by atoms with E-state index in [9.17, 15) is 14.4 Å². The van der Waals surface area contributed by atoms with Gasteiger partial charge in [0.1, 0.15) is 12.0 Å². The Bertz CT molecular complexity index is 1070. The van der Waals surface area contributed by atoms with E-state index in [1.807, 2.05) is 34.1 Å². The Balaban J connectivity index is 1.45. The molecule has 2 saturated heterocycles. The van der Waals surface area contributed by atoms with Gasteiger partial charge in [-0.2, -0.15) is 0 Å². The van der Waals surface area contributed by atoms with Crippen LogP contribution >= 0.6 is 34.5 Å². The van der Waals surface area contributed by atoms with Gasteiger partial charge in [-0.15, -0.1) is 22.9 Å². The van der Waals surface area contributed by atoms with E-state index in [2.05, 4.69) is 6.58 Å². The predicted octanol–water partition coefficient (Wildman–Crippen LogP) is 4.50. The normalized spacial score (nSPS) is 18.4. The molecule has 0 saturated carbocycles. The number of benzene rings is 1. The summed E-state index contributed by atoms with van der Waals surface area (Å²) >= 11 is 12.8. The summed E-state index contributed by atoms with van der Waals surface area (Å²) < 4.78 is 6.32. The highest BCUT2D eigenvalue weighted by molar-refractivity contribution is 7.18. The Morgan fingerprint density at radius 3 is 2.42 bits per heavy atom. The van der Waals surface area contributed by atoms with E-state index in [0.29, 0.717) is 28.1 Å². The zero-order valence-corrected chi connectivity index (χ0v) is 20.2. The lowest BCUT2D eigenvalue weighted by atomic mass is 10.1. The first kappa shape index (κ1) is 23.6. The summed E-state index contributed by atoms with van der Waals surface area (Å²) in [6, 6.07) is 10.8.